The van der Waals surface area contributed by atoms with Crippen molar-refractivity contribution in [3.8, 4) is 0 Å². The zero-order valence-corrected chi connectivity index (χ0v) is 6.97. The average molecular weight is 158 g/mol. The summed E-state index contributed by atoms with van der Waals surface area (Å²) < 4.78 is 0. The lowest BCUT2D eigenvalue weighted by atomic mass is 9.93. The Hall–Kier alpha value is -0.120. The Labute approximate surface area is 68.2 Å². The molecule has 1 fully saturated rings. The molecular formula is C8H18N2O. The minimum absolute atomic E-state index is 0.240. The lowest BCUT2D eigenvalue weighted by molar-refractivity contribution is 0.289. The third-order valence-electron chi connectivity index (χ3n) is 2.13. The van der Waals surface area contributed by atoms with Crippen LogP contribution in [-0.2, 0) is 0 Å². The molecule has 0 aromatic heterocycles. The predicted molar refractivity (Wildman–Crippen MR) is 45.6 cm³/mol. The second-order valence-corrected chi connectivity index (χ2v) is 3.06. The molecule has 0 atom stereocenters. The number of nitrogens with one attached hydrogen (secondary N) is 2. The van der Waals surface area contributed by atoms with Gasteiger partial charge in [0.1, 0.15) is 0 Å². The molecule has 0 aromatic carbocycles. The van der Waals surface area contributed by atoms with Gasteiger partial charge in [-0.25, -0.2) is 0 Å². The van der Waals surface area contributed by atoms with Crippen molar-refractivity contribution in [3.63, 3.8) is 0 Å². The molecule has 3 N–H and O–H groups in total. The molecule has 0 saturated heterocycles. The van der Waals surface area contributed by atoms with Gasteiger partial charge < -0.3 is 15.7 Å². The van der Waals surface area contributed by atoms with Gasteiger partial charge in [0.05, 0.1) is 6.61 Å². The number of aliphatic hydroxyl groups is 1. The molecule has 0 unspecified atom stereocenters. The molecule has 0 spiro atoms. The van der Waals surface area contributed by atoms with Crippen LogP contribution in [0.15, 0.2) is 0 Å². The predicted octanol–water partition coefficient (Wildman–Crippen LogP) is -0.290. The standard InChI is InChI=1S/C8H18N2O/c11-7-6-9-4-5-10-8-2-1-3-8/h8-11H,1-7H2. The van der Waals surface area contributed by atoms with Gasteiger partial charge in [0.15, 0.2) is 0 Å². The first kappa shape index (κ1) is 8.97. The minimum Gasteiger partial charge on any atom is -0.395 e. The van der Waals surface area contributed by atoms with Gasteiger partial charge in [-0.1, -0.05) is 6.42 Å². The van der Waals surface area contributed by atoms with E-state index < -0.39 is 0 Å². The average Bonchev–Trinajstić information content (AvgIpc) is 1.93. The Morgan fingerprint density at radius 1 is 1.18 bits per heavy atom. The van der Waals surface area contributed by atoms with Crippen LogP contribution in [0.1, 0.15) is 19.3 Å². The highest BCUT2D eigenvalue weighted by molar-refractivity contribution is 4.76. The number of rotatable bonds is 6. The smallest absolute Gasteiger partial charge is 0.0555 e. The van der Waals surface area contributed by atoms with Crippen LogP contribution >= 0.6 is 0 Å². The van der Waals surface area contributed by atoms with Gasteiger partial charge in [-0.15, -0.1) is 0 Å². The first-order valence-electron chi connectivity index (χ1n) is 4.48. The molecule has 0 bridgehead atoms. The second kappa shape index (κ2) is 5.52. The number of hydrogen-bond acceptors (Lipinski definition) is 3. The Morgan fingerprint density at radius 2 is 2.00 bits per heavy atom. The fraction of sp³-hybridized carbons (Fsp3) is 1.00. The van der Waals surface area contributed by atoms with E-state index in [1.54, 1.807) is 0 Å². The topological polar surface area (TPSA) is 44.3 Å². The minimum atomic E-state index is 0.240. The highest BCUT2D eigenvalue weighted by Crippen LogP contribution is 2.17. The SMILES string of the molecule is OCCNCCNC1CCC1. The molecule has 0 amide bonds. The van der Waals surface area contributed by atoms with Crippen molar-refractivity contribution in [2.45, 2.75) is 25.3 Å². The molecule has 1 aliphatic rings. The lowest BCUT2D eigenvalue weighted by Crippen LogP contribution is -2.39. The maximum atomic E-state index is 8.45. The van der Waals surface area contributed by atoms with Crippen molar-refractivity contribution in [1.29, 1.82) is 0 Å². The molecular weight excluding hydrogens is 140 g/mol. The molecule has 0 aromatic rings. The van der Waals surface area contributed by atoms with Crippen LogP contribution in [0.4, 0.5) is 0 Å². The molecule has 0 radical (unpaired) electrons. The summed E-state index contributed by atoms with van der Waals surface area (Å²) in [5.74, 6) is 0. The summed E-state index contributed by atoms with van der Waals surface area (Å²) in [6.45, 7) is 2.96. The first-order chi connectivity index (χ1) is 5.43. The normalized spacial score (nSPS) is 18.3. The van der Waals surface area contributed by atoms with Gasteiger partial charge in [-0.05, 0) is 12.8 Å². The fourth-order valence-electron chi connectivity index (χ4n) is 1.18. The van der Waals surface area contributed by atoms with E-state index in [9.17, 15) is 0 Å². The summed E-state index contributed by atoms with van der Waals surface area (Å²) in [6, 6.07) is 0.783. The summed E-state index contributed by atoms with van der Waals surface area (Å²) in [5, 5.41) is 15.0. The second-order valence-electron chi connectivity index (χ2n) is 3.06. The number of hydrogen-bond donors (Lipinski definition) is 3. The molecule has 0 aliphatic heterocycles. The molecule has 11 heavy (non-hydrogen) atoms. The van der Waals surface area contributed by atoms with Crippen molar-refractivity contribution < 1.29 is 5.11 Å². The van der Waals surface area contributed by atoms with Crippen LogP contribution < -0.4 is 10.6 Å². The Morgan fingerprint density at radius 3 is 2.55 bits per heavy atom. The van der Waals surface area contributed by atoms with E-state index in [2.05, 4.69) is 10.6 Å². The quantitative estimate of drug-likeness (QED) is 0.465. The molecule has 1 aliphatic carbocycles. The van der Waals surface area contributed by atoms with Crippen molar-refractivity contribution in [1.82, 2.24) is 10.6 Å². The Bertz CT molecular complexity index is 94.1. The zero-order valence-electron chi connectivity index (χ0n) is 6.97. The Balaban J connectivity index is 1.73. The number of aliphatic hydroxyl groups excluding tert-OH is 1. The largest absolute Gasteiger partial charge is 0.395 e. The zero-order chi connectivity index (χ0) is 7.94. The summed E-state index contributed by atoms with van der Waals surface area (Å²) in [7, 11) is 0. The van der Waals surface area contributed by atoms with Gasteiger partial charge >= 0.3 is 0 Å². The van der Waals surface area contributed by atoms with Crippen molar-refractivity contribution in [2.75, 3.05) is 26.2 Å². The van der Waals surface area contributed by atoms with Crippen LogP contribution in [0.5, 0.6) is 0 Å². The van der Waals surface area contributed by atoms with E-state index in [0.29, 0.717) is 6.54 Å². The summed E-state index contributed by atoms with van der Waals surface area (Å²) >= 11 is 0. The highest BCUT2D eigenvalue weighted by atomic mass is 16.3. The molecule has 66 valence electrons. The van der Waals surface area contributed by atoms with E-state index in [1.165, 1.54) is 19.3 Å². The molecule has 1 rings (SSSR count). The van der Waals surface area contributed by atoms with Crippen LogP contribution in [-0.4, -0.2) is 37.4 Å². The summed E-state index contributed by atoms with van der Waals surface area (Å²) in [6.07, 6.45) is 4.09. The lowest BCUT2D eigenvalue weighted by Gasteiger charge is -2.26. The van der Waals surface area contributed by atoms with Crippen molar-refractivity contribution >= 4 is 0 Å². The van der Waals surface area contributed by atoms with E-state index in [0.717, 1.165) is 19.1 Å². The van der Waals surface area contributed by atoms with Crippen LogP contribution in [0, 0.1) is 0 Å². The van der Waals surface area contributed by atoms with E-state index in [-0.39, 0.29) is 6.61 Å². The van der Waals surface area contributed by atoms with Crippen LogP contribution in [0.25, 0.3) is 0 Å². The molecule has 0 heterocycles. The van der Waals surface area contributed by atoms with Gasteiger partial charge in [-0.3, -0.25) is 0 Å². The van der Waals surface area contributed by atoms with Gasteiger partial charge in [0.25, 0.3) is 0 Å². The maximum absolute atomic E-state index is 8.45. The summed E-state index contributed by atoms with van der Waals surface area (Å²) in [5.41, 5.74) is 0. The molecule has 3 heteroatoms. The summed E-state index contributed by atoms with van der Waals surface area (Å²) in [4.78, 5) is 0. The van der Waals surface area contributed by atoms with Crippen molar-refractivity contribution in [2.24, 2.45) is 0 Å². The highest BCUT2D eigenvalue weighted by Gasteiger charge is 2.15. The van der Waals surface area contributed by atoms with E-state index >= 15 is 0 Å². The third kappa shape index (κ3) is 3.70. The van der Waals surface area contributed by atoms with Gasteiger partial charge in [0, 0.05) is 25.7 Å². The molecule has 1 saturated carbocycles. The first-order valence-corrected chi connectivity index (χ1v) is 4.48. The molecule has 3 nitrogen and oxygen atoms in total. The van der Waals surface area contributed by atoms with E-state index in [4.69, 9.17) is 5.11 Å². The monoisotopic (exact) mass is 158 g/mol. The fourth-order valence-corrected chi connectivity index (χ4v) is 1.18. The van der Waals surface area contributed by atoms with Crippen molar-refractivity contribution in [3.05, 3.63) is 0 Å². The van der Waals surface area contributed by atoms with Gasteiger partial charge in [0.2, 0.25) is 0 Å². The van der Waals surface area contributed by atoms with E-state index in [1.807, 2.05) is 0 Å². The maximum Gasteiger partial charge on any atom is 0.0555 e. The van der Waals surface area contributed by atoms with Crippen LogP contribution in [0.3, 0.4) is 0 Å². The Kier molecular flexibility index (Phi) is 4.50. The third-order valence-corrected chi connectivity index (χ3v) is 2.13. The van der Waals surface area contributed by atoms with Gasteiger partial charge in [-0.2, -0.15) is 0 Å². The van der Waals surface area contributed by atoms with Crippen LogP contribution in [0.2, 0.25) is 0 Å².